The molecule has 2 aromatic carbocycles. The molecular weight excluding hydrogens is 407 g/mol. The molecule has 8 heteroatoms. The average molecular weight is 431 g/mol. The number of alkyl halides is 3. The van der Waals surface area contributed by atoms with Crippen molar-refractivity contribution < 1.29 is 22.7 Å². The zero-order chi connectivity index (χ0) is 22.4. The van der Waals surface area contributed by atoms with Crippen molar-refractivity contribution in [3.8, 4) is 28.4 Å². The van der Waals surface area contributed by atoms with E-state index in [1.807, 2.05) is 30.5 Å². The van der Waals surface area contributed by atoms with Crippen molar-refractivity contribution in [1.29, 1.82) is 0 Å². The van der Waals surface area contributed by atoms with Gasteiger partial charge in [0.2, 0.25) is 0 Å². The number of aryl methyl sites for hydroxylation is 1. The van der Waals surface area contributed by atoms with Gasteiger partial charge in [0.05, 0.1) is 11.3 Å². The number of ether oxygens (including phenoxy) is 1. The molecule has 3 rings (SSSR count). The summed E-state index contributed by atoms with van der Waals surface area (Å²) in [5, 5.41) is 2.58. The Morgan fingerprint density at radius 2 is 1.58 bits per heavy atom. The first kappa shape index (κ1) is 22.4. The van der Waals surface area contributed by atoms with Crippen LogP contribution in [0.15, 0.2) is 54.7 Å². The van der Waals surface area contributed by atoms with Crippen molar-refractivity contribution in [3.63, 3.8) is 0 Å². The second-order valence-corrected chi connectivity index (χ2v) is 7.03. The van der Waals surface area contributed by atoms with Gasteiger partial charge in [0.15, 0.2) is 0 Å². The molecule has 0 spiro atoms. The van der Waals surface area contributed by atoms with Gasteiger partial charge >= 0.3 is 18.3 Å². The van der Waals surface area contributed by atoms with Gasteiger partial charge in [0.25, 0.3) is 0 Å². The second-order valence-electron chi connectivity index (χ2n) is 7.03. The number of nitrogens with zero attached hydrogens (tertiary/aromatic N) is 2. The highest BCUT2D eigenvalue weighted by Gasteiger charge is 2.29. The van der Waals surface area contributed by atoms with Crippen LogP contribution in [0.5, 0.6) is 6.01 Å². The van der Waals surface area contributed by atoms with E-state index >= 15 is 0 Å². The molecule has 164 valence electrons. The van der Waals surface area contributed by atoms with Crippen LogP contribution in [-0.4, -0.2) is 22.2 Å². The molecule has 0 atom stereocenters. The molecule has 1 amide bonds. The van der Waals surface area contributed by atoms with Crippen molar-refractivity contribution >= 4 is 6.09 Å². The van der Waals surface area contributed by atoms with Crippen LogP contribution in [0, 0.1) is 0 Å². The molecule has 0 saturated carbocycles. The number of hydrogen-bond acceptors (Lipinski definition) is 3. The van der Waals surface area contributed by atoms with Crippen molar-refractivity contribution in [2.75, 3.05) is 6.54 Å². The minimum absolute atomic E-state index is 0.223. The van der Waals surface area contributed by atoms with Gasteiger partial charge in [-0.25, -0.2) is 4.79 Å². The molecular formula is C23H24F3N3O2. The van der Waals surface area contributed by atoms with Crippen LogP contribution < -0.4 is 10.1 Å². The van der Waals surface area contributed by atoms with E-state index < -0.39 is 17.8 Å². The van der Waals surface area contributed by atoms with E-state index in [1.165, 1.54) is 12.1 Å². The van der Waals surface area contributed by atoms with E-state index in [0.717, 1.165) is 36.1 Å². The highest BCUT2D eigenvalue weighted by atomic mass is 19.4. The summed E-state index contributed by atoms with van der Waals surface area (Å²) in [5.41, 5.74) is 2.26. The first-order chi connectivity index (χ1) is 14.8. The van der Waals surface area contributed by atoms with Crippen molar-refractivity contribution in [2.24, 2.45) is 0 Å². The largest absolute Gasteiger partial charge is 0.416 e. The van der Waals surface area contributed by atoms with Crippen LogP contribution >= 0.6 is 0 Å². The molecule has 5 nitrogen and oxygen atoms in total. The highest BCUT2D eigenvalue weighted by Crippen LogP contribution is 2.32. The molecule has 0 aliphatic carbocycles. The van der Waals surface area contributed by atoms with E-state index in [9.17, 15) is 18.0 Å². The highest BCUT2D eigenvalue weighted by molar-refractivity contribution is 5.71. The van der Waals surface area contributed by atoms with Crippen molar-refractivity contribution in [2.45, 2.75) is 39.4 Å². The zero-order valence-corrected chi connectivity index (χ0v) is 17.4. The monoisotopic (exact) mass is 431 g/mol. The summed E-state index contributed by atoms with van der Waals surface area (Å²) in [7, 11) is 0. The summed E-state index contributed by atoms with van der Waals surface area (Å²) in [6.07, 6.45) is -1.19. The summed E-state index contributed by atoms with van der Waals surface area (Å²) >= 11 is 0. The first-order valence-corrected chi connectivity index (χ1v) is 10.1. The standard InChI is InChI=1S/C23H24F3N3O2/c1-3-5-14-29-15-20(28-21(29)31-22(30)27-4-2)18-8-6-16(7-9-18)17-10-12-19(13-11-17)23(24,25)26/h6-13,15H,3-5,14H2,1-2H3,(H,27,30). The molecule has 31 heavy (non-hydrogen) atoms. The van der Waals surface area contributed by atoms with Crippen LogP contribution in [0.25, 0.3) is 22.4 Å². The fourth-order valence-electron chi connectivity index (χ4n) is 3.06. The number of carbonyl (C=O) groups excluding carboxylic acids is 1. The minimum atomic E-state index is -4.35. The Morgan fingerprint density at radius 1 is 1.00 bits per heavy atom. The molecule has 0 fully saturated rings. The average Bonchev–Trinajstić information content (AvgIpc) is 3.14. The SMILES string of the molecule is CCCCn1cc(-c2ccc(-c3ccc(C(F)(F)F)cc3)cc2)nc1OC(=O)NCC. The maximum absolute atomic E-state index is 12.8. The number of unbranched alkanes of at least 4 members (excludes halogenated alkanes) is 1. The first-order valence-electron chi connectivity index (χ1n) is 10.1. The molecule has 0 aliphatic heterocycles. The number of nitrogens with one attached hydrogen (secondary N) is 1. The van der Waals surface area contributed by atoms with Crippen molar-refractivity contribution in [3.05, 3.63) is 60.3 Å². The van der Waals surface area contributed by atoms with Gasteiger partial charge in [-0.2, -0.15) is 18.2 Å². The van der Waals surface area contributed by atoms with Gasteiger partial charge in [-0.05, 0) is 36.6 Å². The van der Waals surface area contributed by atoms with Gasteiger partial charge < -0.3 is 14.6 Å². The summed E-state index contributed by atoms with van der Waals surface area (Å²) in [4.78, 5) is 16.3. The topological polar surface area (TPSA) is 56.2 Å². The molecule has 1 aromatic heterocycles. The van der Waals surface area contributed by atoms with Crippen LogP contribution in [0.1, 0.15) is 32.3 Å². The third-order valence-electron chi connectivity index (χ3n) is 4.72. The summed E-state index contributed by atoms with van der Waals surface area (Å²) in [5.74, 6) is 0. The fourth-order valence-corrected chi connectivity index (χ4v) is 3.06. The van der Waals surface area contributed by atoms with Crippen LogP contribution in [0.2, 0.25) is 0 Å². The van der Waals surface area contributed by atoms with Crippen molar-refractivity contribution in [1.82, 2.24) is 14.9 Å². The maximum Gasteiger partial charge on any atom is 0.416 e. The number of halogens is 3. The molecule has 0 radical (unpaired) electrons. The lowest BCUT2D eigenvalue weighted by molar-refractivity contribution is -0.137. The normalized spacial score (nSPS) is 11.4. The molecule has 3 aromatic rings. The lowest BCUT2D eigenvalue weighted by atomic mass is 10.0. The quantitative estimate of drug-likeness (QED) is 0.489. The van der Waals surface area contributed by atoms with E-state index in [2.05, 4.69) is 17.2 Å². The fraction of sp³-hybridized carbons (Fsp3) is 0.304. The van der Waals surface area contributed by atoms with E-state index in [4.69, 9.17) is 4.74 Å². The predicted octanol–water partition coefficient (Wildman–Crippen LogP) is 6.14. The van der Waals surface area contributed by atoms with Gasteiger partial charge in [-0.15, -0.1) is 0 Å². The second kappa shape index (κ2) is 9.68. The zero-order valence-electron chi connectivity index (χ0n) is 17.4. The van der Waals surface area contributed by atoms with E-state index in [-0.39, 0.29) is 6.01 Å². The Bertz CT molecular complexity index is 1010. The number of rotatable bonds is 7. The van der Waals surface area contributed by atoms with Gasteiger partial charge in [0, 0.05) is 24.8 Å². The van der Waals surface area contributed by atoms with E-state index in [0.29, 0.717) is 24.3 Å². The number of aromatic nitrogens is 2. The molecule has 0 bridgehead atoms. The van der Waals surface area contributed by atoms with Gasteiger partial charge in [-0.1, -0.05) is 49.7 Å². The Hall–Kier alpha value is -3.29. The minimum Gasteiger partial charge on any atom is -0.375 e. The third-order valence-corrected chi connectivity index (χ3v) is 4.72. The summed E-state index contributed by atoms with van der Waals surface area (Å²) in [6.45, 7) is 4.99. The summed E-state index contributed by atoms with van der Waals surface area (Å²) < 4.78 is 45.4. The lowest BCUT2D eigenvalue weighted by Crippen LogP contribution is -2.27. The number of benzene rings is 2. The number of imidazole rings is 1. The van der Waals surface area contributed by atoms with E-state index in [1.54, 1.807) is 11.5 Å². The number of carbonyl (C=O) groups is 1. The van der Waals surface area contributed by atoms with Crippen LogP contribution in [-0.2, 0) is 12.7 Å². The summed E-state index contributed by atoms with van der Waals surface area (Å²) in [6, 6.07) is 12.6. The third kappa shape index (κ3) is 5.65. The molecule has 0 saturated heterocycles. The maximum atomic E-state index is 12.8. The van der Waals surface area contributed by atoms with Crippen LogP contribution in [0.3, 0.4) is 0 Å². The molecule has 1 N–H and O–H groups in total. The smallest absolute Gasteiger partial charge is 0.375 e. The Balaban J connectivity index is 1.82. The van der Waals surface area contributed by atoms with Crippen LogP contribution in [0.4, 0.5) is 18.0 Å². The van der Waals surface area contributed by atoms with Gasteiger partial charge in [-0.3, -0.25) is 0 Å². The number of hydrogen-bond donors (Lipinski definition) is 1. The predicted molar refractivity (Wildman–Crippen MR) is 113 cm³/mol. The lowest BCUT2D eigenvalue weighted by Gasteiger charge is -2.08. The molecule has 1 heterocycles. The molecule has 0 aliphatic rings. The Morgan fingerprint density at radius 3 is 2.13 bits per heavy atom. The number of amides is 1. The Labute approximate surface area is 178 Å². The van der Waals surface area contributed by atoms with Gasteiger partial charge in [0.1, 0.15) is 0 Å². The molecule has 0 unspecified atom stereocenters. The Kier molecular flexibility index (Phi) is 6.99.